The minimum Gasteiger partial charge on any atom is -0.395 e. The van der Waals surface area contributed by atoms with E-state index in [0.29, 0.717) is 12.0 Å². The first-order valence-electron chi connectivity index (χ1n) is 4.58. The molecule has 1 saturated carbocycles. The van der Waals surface area contributed by atoms with E-state index in [2.05, 4.69) is 19.2 Å². The molecule has 1 aliphatic rings. The lowest BCUT2D eigenvalue weighted by atomic mass is 10.1. The van der Waals surface area contributed by atoms with E-state index in [1.165, 1.54) is 12.8 Å². The molecule has 1 aliphatic carbocycles. The zero-order valence-corrected chi connectivity index (χ0v) is 7.51. The molecule has 2 N–H and O–H groups in total. The van der Waals surface area contributed by atoms with Gasteiger partial charge in [0.1, 0.15) is 0 Å². The minimum atomic E-state index is 0.268. The fraction of sp³-hybridized carbons (Fsp3) is 1.00. The van der Waals surface area contributed by atoms with Crippen LogP contribution in [0.3, 0.4) is 0 Å². The van der Waals surface area contributed by atoms with Gasteiger partial charge in [0.2, 0.25) is 0 Å². The van der Waals surface area contributed by atoms with Gasteiger partial charge in [-0.25, -0.2) is 0 Å². The van der Waals surface area contributed by atoms with E-state index in [9.17, 15) is 0 Å². The van der Waals surface area contributed by atoms with Crippen LogP contribution >= 0.6 is 0 Å². The van der Waals surface area contributed by atoms with Crippen molar-refractivity contribution in [3.05, 3.63) is 0 Å². The maximum atomic E-state index is 8.97. The van der Waals surface area contributed by atoms with Crippen molar-refractivity contribution in [3.63, 3.8) is 0 Å². The summed E-state index contributed by atoms with van der Waals surface area (Å²) in [7, 11) is 0. The number of hydrogen-bond acceptors (Lipinski definition) is 2. The molecule has 1 atom stereocenters. The predicted molar refractivity (Wildman–Crippen MR) is 46.4 cm³/mol. The van der Waals surface area contributed by atoms with E-state index < -0.39 is 0 Å². The van der Waals surface area contributed by atoms with E-state index in [4.69, 9.17) is 5.11 Å². The first kappa shape index (κ1) is 9.01. The van der Waals surface area contributed by atoms with Crippen molar-refractivity contribution in [2.24, 2.45) is 11.8 Å². The van der Waals surface area contributed by atoms with E-state index in [1.54, 1.807) is 0 Å². The summed E-state index contributed by atoms with van der Waals surface area (Å²) in [6, 6.07) is 0.301. The number of rotatable bonds is 5. The zero-order valence-electron chi connectivity index (χ0n) is 7.51. The molecule has 0 aromatic carbocycles. The van der Waals surface area contributed by atoms with Gasteiger partial charge in [-0.1, -0.05) is 13.8 Å². The topological polar surface area (TPSA) is 32.3 Å². The largest absolute Gasteiger partial charge is 0.395 e. The third kappa shape index (κ3) is 3.21. The maximum Gasteiger partial charge on any atom is 0.0587 e. The second kappa shape index (κ2) is 4.07. The molecular formula is C9H19NO. The summed E-state index contributed by atoms with van der Waals surface area (Å²) >= 11 is 0. The Hall–Kier alpha value is -0.0800. The molecule has 0 radical (unpaired) electrons. The summed E-state index contributed by atoms with van der Waals surface area (Å²) in [6.45, 7) is 5.65. The SMILES string of the molecule is CC(C)C(CO)NCC1CC1. The zero-order chi connectivity index (χ0) is 8.27. The van der Waals surface area contributed by atoms with Gasteiger partial charge in [0.25, 0.3) is 0 Å². The molecule has 0 saturated heterocycles. The summed E-state index contributed by atoms with van der Waals surface area (Å²) in [4.78, 5) is 0. The molecule has 2 nitrogen and oxygen atoms in total. The normalized spacial score (nSPS) is 20.7. The lowest BCUT2D eigenvalue weighted by Gasteiger charge is -2.19. The molecule has 0 bridgehead atoms. The first-order chi connectivity index (χ1) is 5.24. The minimum absolute atomic E-state index is 0.268. The molecule has 0 amide bonds. The van der Waals surface area contributed by atoms with Crippen molar-refractivity contribution in [1.82, 2.24) is 5.32 Å². The number of hydrogen-bond donors (Lipinski definition) is 2. The smallest absolute Gasteiger partial charge is 0.0587 e. The molecule has 0 heterocycles. The van der Waals surface area contributed by atoms with Crippen molar-refractivity contribution in [2.45, 2.75) is 32.7 Å². The Morgan fingerprint density at radius 1 is 1.45 bits per heavy atom. The van der Waals surface area contributed by atoms with Crippen molar-refractivity contribution >= 4 is 0 Å². The van der Waals surface area contributed by atoms with Crippen molar-refractivity contribution in [3.8, 4) is 0 Å². The Labute approximate surface area is 69.0 Å². The van der Waals surface area contributed by atoms with Crippen LogP contribution in [-0.4, -0.2) is 24.3 Å². The van der Waals surface area contributed by atoms with Crippen LogP contribution in [0.4, 0.5) is 0 Å². The molecule has 1 rings (SSSR count). The Morgan fingerprint density at radius 2 is 2.09 bits per heavy atom. The van der Waals surface area contributed by atoms with Gasteiger partial charge in [-0.15, -0.1) is 0 Å². The van der Waals surface area contributed by atoms with Gasteiger partial charge in [-0.05, 0) is 31.2 Å². The molecular weight excluding hydrogens is 138 g/mol. The Balaban J connectivity index is 2.08. The highest BCUT2D eigenvalue weighted by Crippen LogP contribution is 2.27. The van der Waals surface area contributed by atoms with E-state index in [-0.39, 0.29) is 6.61 Å². The van der Waals surface area contributed by atoms with Crippen molar-refractivity contribution < 1.29 is 5.11 Å². The molecule has 1 fully saturated rings. The van der Waals surface area contributed by atoms with Gasteiger partial charge in [-0.2, -0.15) is 0 Å². The molecule has 66 valence electrons. The second-order valence-electron chi connectivity index (χ2n) is 3.88. The van der Waals surface area contributed by atoms with Gasteiger partial charge in [0.15, 0.2) is 0 Å². The Bertz CT molecular complexity index is 110. The number of aliphatic hydroxyl groups excluding tert-OH is 1. The van der Waals surface area contributed by atoms with E-state index >= 15 is 0 Å². The molecule has 0 aliphatic heterocycles. The summed E-state index contributed by atoms with van der Waals surface area (Å²) in [5.41, 5.74) is 0. The van der Waals surface area contributed by atoms with Gasteiger partial charge in [0.05, 0.1) is 6.61 Å². The van der Waals surface area contributed by atoms with Gasteiger partial charge >= 0.3 is 0 Å². The van der Waals surface area contributed by atoms with E-state index in [1.807, 2.05) is 0 Å². The van der Waals surface area contributed by atoms with Crippen LogP contribution in [0.2, 0.25) is 0 Å². The lowest BCUT2D eigenvalue weighted by Crippen LogP contribution is -2.38. The third-order valence-corrected chi connectivity index (χ3v) is 2.37. The number of aliphatic hydroxyl groups is 1. The maximum absolute atomic E-state index is 8.97. The molecule has 1 unspecified atom stereocenters. The summed E-state index contributed by atoms with van der Waals surface area (Å²) < 4.78 is 0. The molecule has 2 heteroatoms. The van der Waals surface area contributed by atoms with Gasteiger partial charge in [0, 0.05) is 6.04 Å². The highest BCUT2D eigenvalue weighted by atomic mass is 16.3. The molecule has 0 aromatic rings. The van der Waals surface area contributed by atoms with Crippen LogP contribution in [0.1, 0.15) is 26.7 Å². The van der Waals surface area contributed by atoms with E-state index in [0.717, 1.165) is 12.5 Å². The number of nitrogens with one attached hydrogen (secondary N) is 1. The Morgan fingerprint density at radius 3 is 2.45 bits per heavy atom. The average Bonchev–Trinajstić information content (AvgIpc) is 2.72. The third-order valence-electron chi connectivity index (χ3n) is 2.37. The van der Waals surface area contributed by atoms with Crippen LogP contribution in [0.5, 0.6) is 0 Å². The van der Waals surface area contributed by atoms with Crippen LogP contribution < -0.4 is 5.32 Å². The summed E-state index contributed by atoms with van der Waals surface area (Å²) in [6.07, 6.45) is 2.76. The standard InChI is InChI=1S/C9H19NO/c1-7(2)9(6-11)10-5-8-3-4-8/h7-11H,3-6H2,1-2H3. The van der Waals surface area contributed by atoms with Crippen LogP contribution in [0, 0.1) is 11.8 Å². The van der Waals surface area contributed by atoms with Crippen LogP contribution in [-0.2, 0) is 0 Å². The lowest BCUT2D eigenvalue weighted by molar-refractivity contribution is 0.210. The molecule has 11 heavy (non-hydrogen) atoms. The summed E-state index contributed by atoms with van der Waals surface area (Å²) in [5.74, 6) is 1.45. The fourth-order valence-corrected chi connectivity index (χ4v) is 1.15. The monoisotopic (exact) mass is 157 g/mol. The Kier molecular flexibility index (Phi) is 3.34. The van der Waals surface area contributed by atoms with Crippen LogP contribution in [0.15, 0.2) is 0 Å². The molecule has 0 aromatic heterocycles. The second-order valence-corrected chi connectivity index (χ2v) is 3.88. The van der Waals surface area contributed by atoms with Crippen molar-refractivity contribution in [2.75, 3.05) is 13.2 Å². The summed E-state index contributed by atoms with van der Waals surface area (Å²) in [5, 5.41) is 12.3. The van der Waals surface area contributed by atoms with Gasteiger partial charge < -0.3 is 10.4 Å². The average molecular weight is 157 g/mol. The predicted octanol–water partition coefficient (Wildman–Crippen LogP) is 1.00. The highest BCUT2D eigenvalue weighted by Gasteiger charge is 2.22. The molecule has 0 spiro atoms. The quantitative estimate of drug-likeness (QED) is 0.624. The fourth-order valence-electron chi connectivity index (χ4n) is 1.15. The van der Waals surface area contributed by atoms with Crippen molar-refractivity contribution in [1.29, 1.82) is 0 Å². The van der Waals surface area contributed by atoms with Gasteiger partial charge in [-0.3, -0.25) is 0 Å². The first-order valence-corrected chi connectivity index (χ1v) is 4.58. The van der Waals surface area contributed by atoms with Crippen LogP contribution in [0.25, 0.3) is 0 Å². The highest BCUT2D eigenvalue weighted by molar-refractivity contribution is 4.78.